The van der Waals surface area contributed by atoms with Crippen LogP contribution in [0.3, 0.4) is 0 Å². The number of anilines is 5. The maximum absolute atomic E-state index is 12.5. The smallest absolute Gasteiger partial charge is 0.297 e. The van der Waals surface area contributed by atoms with E-state index in [4.69, 9.17) is 4.18 Å². The first-order chi connectivity index (χ1) is 16.9. The third-order valence-corrected chi connectivity index (χ3v) is 6.11. The van der Waals surface area contributed by atoms with Crippen molar-refractivity contribution in [1.82, 2.24) is 15.0 Å². The van der Waals surface area contributed by atoms with Crippen LogP contribution in [0.15, 0.2) is 59.5 Å². The van der Waals surface area contributed by atoms with Crippen molar-refractivity contribution in [2.45, 2.75) is 11.8 Å². The Morgan fingerprint density at radius 1 is 0.943 bits per heavy atom. The molecule has 0 aliphatic heterocycles. The lowest BCUT2D eigenvalue weighted by Crippen LogP contribution is -2.31. The van der Waals surface area contributed by atoms with E-state index >= 15 is 0 Å². The molecule has 2 aromatic carbocycles. The molecule has 0 saturated carbocycles. The maximum Gasteiger partial charge on any atom is 0.297 e. The van der Waals surface area contributed by atoms with Crippen molar-refractivity contribution in [3.8, 4) is 0 Å². The van der Waals surface area contributed by atoms with E-state index in [1.807, 2.05) is 30.3 Å². The average Bonchev–Trinajstić information content (AvgIpc) is 2.85. The van der Waals surface area contributed by atoms with Gasteiger partial charge in [0, 0.05) is 24.5 Å². The summed E-state index contributed by atoms with van der Waals surface area (Å²) in [6.07, 6.45) is 3.40. The fourth-order valence-electron chi connectivity index (χ4n) is 3.19. The zero-order valence-electron chi connectivity index (χ0n) is 19.4. The highest BCUT2D eigenvalue weighted by Gasteiger charge is 2.19. The van der Waals surface area contributed by atoms with E-state index in [9.17, 15) is 18.6 Å². The lowest BCUT2D eigenvalue weighted by Gasteiger charge is -2.21. The molecule has 0 bridgehead atoms. The summed E-state index contributed by atoms with van der Waals surface area (Å²) in [5.74, 6) is 0.577. The van der Waals surface area contributed by atoms with Gasteiger partial charge in [-0.1, -0.05) is 36.4 Å². The van der Waals surface area contributed by atoms with Crippen LogP contribution in [0.2, 0.25) is 0 Å². The predicted octanol–water partition coefficient (Wildman–Crippen LogP) is 2.52. The fourth-order valence-corrected chi connectivity index (χ4v) is 4.06. The van der Waals surface area contributed by atoms with E-state index in [-0.39, 0.29) is 49.0 Å². The van der Waals surface area contributed by atoms with Gasteiger partial charge in [-0.25, -0.2) is 0 Å². The molecular weight excluding hydrogens is 472 g/mol. The third kappa shape index (κ3) is 6.96. The first-order valence-corrected chi connectivity index (χ1v) is 12.2. The number of hydrogen-bond donors (Lipinski definition) is 4. The highest BCUT2D eigenvalue weighted by atomic mass is 32.2. The van der Waals surface area contributed by atoms with Crippen molar-refractivity contribution in [3.05, 3.63) is 60.2 Å². The molecule has 4 N–H and O–H groups in total. The molecule has 3 rings (SSSR count). The standard InChI is InChI=1S/C23H28N6O5S/c1-3-7-17-10-11-19(16-20(17)35(32,33)34-2)25-22-26-21(24-18-8-5-4-6-9-18)27-23(28-22)29(12-14-30)13-15-31/h3-11,16,30-31H,12-15H2,1-2H3,(H2,24,25,26,27,28)/b7-3+. The van der Waals surface area contributed by atoms with Crippen LogP contribution in [0, 0.1) is 0 Å². The van der Waals surface area contributed by atoms with Gasteiger partial charge >= 0.3 is 0 Å². The lowest BCUT2D eigenvalue weighted by molar-refractivity contribution is 0.280. The number of para-hydroxylation sites is 1. The van der Waals surface area contributed by atoms with Crippen LogP contribution < -0.4 is 15.5 Å². The van der Waals surface area contributed by atoms with Gasteiger partial charge in [0.25, 0.3) is 10.1 Å². The number of aliphatic hydroxyl groups excluding tert-OH is 2. The number of nitrogens with zero attached hydrogens (tertiary/aromatic N) is 4. The third-order valence-electron chi connectivity index (χ3n) is 4.78. The van der Waals surface area contributed by atoms with Gasteiger partial charge in [0.2, 0.25) is 17.8 Å². The van der Waals surface area contributed by atoms with Gasteiger partial charge in [0.05, 0.1) is 20.3 Å². The second-order valence-corrected chi connectivity index (χ2v) is 8.89. The van der Waals surface area contributed by atoms with E-state index in [1.165, 1.54) is 6.07 Å². The van der Waals surface area contributed by atoms with Gasteiger partial charge in [-0.3, -0.25) is 4.18 Å². The van der Waals surface area contributed by atoms with Crippen molar-refractivity contribution in [2.75, 3.05) is 48.9 Å². The molecule has 0 aliphatic carbocycles. The van der Waals surface area contributed by atoms with E-state index in [0.29, 0.717) is 11.3 Å². The number of hydrogen-bond acceptors (Lipinski definition) is 11. The monoisotopic (exact) mass is 500 g/mol. The Kier molecular flexibility index (Phi) is 9.09. The molecule has 0 spiro atoms. The van der Waals surface area contributed by atoms with Crippen LogP contribution in [0.4, 0.5) is 29.2 Å². The fraction of sp³-hybridized carbons (Fsp3) is 0.261. The minimum absolute atomic E-state index is 0.0119. The summed E-state index contributed by atoms with van der Waals surface area (Å²) >= 11 is 0. The second kappa shape index (κ2) is 12.2. The van der Waals surface area contributed by atoms with E-state index in [1.54, 1.807) is 36.1 Å². The highest BCUT2D eigenvalue weighted by Crippen LogP contribution is 2.26. The summed E-state index contributed by atoms with van der Waals surface area (Å²) in [6.45, 7) is 1.85. The van der Waals surface area contributed by atoms with Crippen LogP contribution in [0.25, 0.3) is 6.08 Å². The summed E-state index contributed by atoms with van der Waals surface area (Å²) in [6, 6.07) is 14.1. The van der Waals surface area contributed by atoms with Crippen molar-refractivity contribution in [3.63, 3.8) is 0 Å². The molecule has 0 fully saturated rings. The van der Waals surface area contributed by atoms with Crippen LogP contribution in [0.1, 0.15) is 12.5 Å². The summed E-state index contributed by atoms with van der Waals surface area (Å²) in [7, 11) is -2.87. The Bertz CT molecular complexity index is 1250. The van der Waals surface area contributed by atoms with Gasteiger partial charge in [0.1, 0.15) is 4.90 Å². The Hall–Kier alpha value is -3.58. The molecule has 0 unspecified atom stereocenters. The van der Waals surface area contributed by atoms with Gasteiger partial charge < -0.3 is 25.7 Å². The van der Waals surface area contributed by atoms with Crippen LogP contribution in [-0.2, 0) is 14.3 Å². The Morgan fingerprint density at radius 2 is 1.57 bits per heavy atom. The zero-order chi connectivity index (χ0) is 25.3. The van der Waals surface area contributed by atoms with Gasteiger partial charge in [-0.15, -0.1) is 0 Å². The molecule has 1 heterocycles. The molecule has 12 heteroatoms. The van der Waals surface area contributed by atoms with E-state index < -0.39 is 10.1 Å². The van der Waals surface area contributed by atoms with E-state index in [2.05, 4.69) is 25.6 Å². The summed E-state index contributed by atoms with van der Waals surface area (Å²) in [5, 5.41) is 25.0. The molecule has 0 saturated heterocycles. The Balaban J connectivity index is 2.03. The molecule has 11 nitrogen and oxygen atoms in total. The van der Waals surface area contributed by atoms with Crippen LogP contribution >= 0.6 is 0 Å². The molecular formula is C23H28N6O5S. The topological polar surface area (TPSA) is 150 Å². The number of allylic oxidation sites excluding steroid dienone is 1. The molecule has 0 amide bonds. The minimum atomic E-state index is -3.97. The molecule has 0 radical (unpaired) electrons. The number of benzene rings is 2. The van der Waals surface area contributed by atoms with Crippen molar-refractivity contribution >= 4 is 45.4 Å². The Labute approximate surface area is 204 Å². The summed E-state index contributed by atoms with van der Waals surface area (Å²) < 4.78 is 29.6. The van der Waals surface area contributed by atoms with Gasteiger partial charge in [0.15, 0.2) is 0 Å². The first-order valence-electron chi connectivity index (χ1n) is 10.8. The summed E-state index contributed by atoms with van der Waals surface area (Å²) in [4.78, 5) is 14.8. The SMILES string of the molecule is C/C=C/c1ccc(Nc2nc(Nc3ccccc3)nc(N(CCO)CCO)n2)cc1S(=O)(=O)OC. The molecule has 35 heavy (non-hydrogen) atoms. The van der Waals surface area contributed by atoms with Gasteiger partial charge in [-0.05, 0) is 36.8 Å². The molecule has 3 aromatic rings. The highest BCUT2D eigenvalue weighted by molar-refractivity contribution is 7.86. The lowest BCUT2D eigenvalue weighted by atomic mass is 10.2. The average molecular weight is 501 g/mol. The number of rotatable bonds is 12. The molecule has 0 aliphatic rings. The largest absolute Gasteiger partial charge is 0.395 e. The summed E-state index contributed by atoms with van der Waals surface area (Å²) in [5.41, 5.74) is 1.63. The van der Waals surface area contributed by atoms with Gasteiger partial charge in [-0.2, -0.15) is 23.4 Å². The molecule has 1 aromatic heterocycles. The maximum atomic E-state index is 12.5. The molecule has 0 atom stereocenters. The Morgan fingerprint density at radius 3 is 2.14 bits per heavy atom. The predicted molar refractivity (Wildman–Crippen MR) is 135 cm³/mol. The first kappa shape index (κ1) is 26.0. The molecule has 186 valence electrons. The minimum Gasteiger partial charge on any atom is -0.395 e. The quantitative estimate of drug-likeness (QED) is 0.272. The number of nitrogens with one attached hydrogen (secondary N) is 2. The normalized spacial score (nSPS) is 11.5. The van der Waals surface area contributed by atoms with Crippen molar-refractivity contribution < 1.29 is 22.8 Å². The van der Waals surface area contributed by atoms with Crippen LogP contribution in [-0.4, -0.2) is 67.0 Å². The van der Waals surface area contributed by atoms with Crippen molar-refractivity contribution in [2.24, 2.45) is 0 Å². The number of aliphatic hydroxyl groups is 2. The number of aromatic nitrogens is 3. The van der Waals surface area contributed by atoms with Crippen LogP contribution in [0.5, 0.6) is 0 Å². The van der Waals surface area contributed by atoms with Crippen molar-refractivity contribution in [1.29, 1.82) is 0 Å². The zero-order valence-corrected chi connectivity index (χ0v) is 20.2. The second-order valence-electron chi connectivity index (χ2n) is 7.21. The van der Waals surface area contributed by atoms with E-state index in [0.717, 1.165) is 12.8 Å².